The number of hydrogen-bond acceptors (Lipinski definition) is 5. The number of hydrogen-bond donors (Lipinski definition) is 2. The summed E-state index contributed by atoms with van der Waals surface area (Å²) in [6.07, 6.45) is 0. The van der Waals surface area contributed by atoms with Gasteiger partial charge in [0.25, 0.3) is 0 Å². The number of nitrogens with one attached hydrogen (secondary N) is 1. The fourth-order valence-electron chi connectivity index (χ4n) is 1.24. The van der Waals surface area contributed by atoms with Gasteiger partial charge in [0.15, 0.2) is 4.90 Å². The van der Waals surface area contributed by atoms with Crippen LogP contribution in [0.5, 0.6) is 0 Å². The molecule has 104 valence electrons. The Morgan fingerprint density at radius 2 is 2.11 bits per heavy atom. The molecule has 1 atom stereocenters. The normalized spacial score (nSPS) is 12.9. The van der Waals surface area contributed by atoms with E-state index >= 15 is 0 Å². The van der Waals surface area contributed by atoms with Crippen LogP contribution in [0.15, 0.2) is 23.1 Å². The zero-order chi connectivity index (χ0) is 14.8. The maximum atomic E-state index is 13.3. The molecule has 1 aromatic rings. The number of nitrogens with zero attached hydrogens (tertiary/aromatic N) is 1. The highest BCUT2D eigenvalue weighted by atomic mass is 32.2. The van der Waals surface area contributed by atoms with Gasteiger partial charge in [0, 0.05) is 0 Å². The van der Waals surface area contributed by atoms with Crippen LogP contribution in [0, 0.1) is 15.9 Å². The maximum Gasteiger partial charge on any atom is 0.324 e. The second-order valence-electron chi connectivity index (χ2n) is 3.52. The van der Waals surface area contributed by atoms with Crippen molar-refractivity contribution in [2.75, 3.05) is 0 Å². The maximum absolute atomic E-state index is 13.3. The van der Waals surface area contributed by atoms with Gasteiger partial charge in [0.05, 0.1) is 4.92 Å². The molecule has 0 aliphatic heterocycles. The Balaban J connectivity index is 3.34. The second kappa shape index (κ2) is 5.28. The van der Waals surface area contributed by atoms with E-state index < -0.39 is 43.4 Å². The zero-order valence-electron chi connectivity index (χ0n) is 9.53. The molecule has 1 rings (SSSR count). The van der Waals surface area contributed by atoms with Crippen LogP contribution >= 0.6 is 0 Å². The van der Waals surface area contributed by atoms with Gasteiger partial charge in [0.1, 0.15) is 6.04 Å². The van der Waals surface area contributed by atoms with E-state index in [4.69, 9.17) is 5.11 Å². The van der Waals surface area contributed by atoms with Crippen molar-refractivity contribution in [1.82, 2.24) is 4.72 Å². The number of benzene rings is 1. The molecule has 0 bridgehead atoms. The van der Waals surface area contributed by atoms with Gasteiger partial charge in [0.2, 0.25) is 15.8 Å². The van der Waals surface area contributed by atoms with E-state index in [2.05, 4.69) is 0 Å². The largest absolute Gasteiger partial charge is 0.480 e. The third-order valence-electron chi connectivity index (χ3n) is 2.12. The van der Waals surface area contributed by atoms with Gasteiger partial charge in [-0.3, -0.25) is 14.9 Å². The molecule has 0 saturated heterocycles. The second-order valence-corrected chi connectivity index (χ2v) is 5.21. The summed E-state index contributed by atoms with van der Waals surface area (Å²) in [5.41, 5.74) is -1.23. The molecule has 2 N–H and O–H groups in total. The minimum absolute atomic E-state index is 0.734. The van der Waals surface area contributed by atoms with Gasteiger partial charge in [-0.15, -0.1) is 0 Å². The van der Waals surface area contributed by atoms with Crippen molar-refractivity contribution < 1.29 is 27.6 Å². The summed E-state index contributed by atoms with van der Waals surface area (Å²) >= 11 is 0. The first kappa shape index (κ1) is 15.0. The molecular weight excluding hydrogens is 283 g/mol. The number of para-hydroxylation sites is 1. The van der Waals surface area contributed by atoms with E-state index in [1.165, 1.54) is 0 Å². The monoisotopic (exact) mass is 292 g/mol. The van der Waals surface area contributed by atoms with Crippen LogP contribution in [0.1, 0.15) is 6.92 Å². The number of nitro groups is 1. The first-order valence-corrected chi connectivity index (χ1v) is 6.33. The summed E-state index contributed by atoms with van der Waals surface area (Å²) in [5, 5.41) is 19.3. The number of carbonyl (C=O) groups is 1. The Bertz CT molecular complexity index is 630. The van der Waals surface area contributed by atoms with Crippen molar-refractivity contribution in [2.24, 2.45) is 0 Å². The average Bonchev–Trinajstić information content (AvgIpc) is 2.27. The van der Waals surface area contributed by atoms with E-state index in [0.29, 0.717) is 0 Å². The van der Waals surface area contributed by atoms with Crippen molar-refractivity contribution in [3.63, 3.8) is 0 Å². The first-order chi connectivity index (χ1) is 8.66. The third kappa shape index (κ3) is 3.23. The minimum atomic E-state index is -4.52. The molecule has 0 amide bonds. The van der Waals surface area contributed by atoms with Crippen LogP contribution in [0.3, 0.4) is 0 Å². The number of rotatable bonds is 5. The van der Waals surface area contributed by atoms with Crippen LogP contribution in [0.25, 0.3) is 0 Å². The summed E-state index contributed by atoms with van der Waals surface area (Å²) in [6, 6.07) is 1.02. The molecule has 0 unspecified atom stereocenters. The molecule has 0 aliphatic rings. The fraction of sp³-hybridized carbons (Fsp3) is 0.222. The number of nitro benzene ring substituents is 1. The van der Waals surface area contributed by atoms with E-state index in [-0.39, 0.29) is 0 Å². The number of halogens is 1. The van der Waals surface area contributed by atoms with Crippen LogP contribution in [-0.2, 0) is 14.8 Å². The SMILES string of the molecule is C[C@H](NS(=O)(=O)c1cccc(F)c1[N+](=O)[O-])C(=O)O. The first-order valence-electron chi connectivity index (χ1n) is 4.85. The van der Waals surface area contributed by atoms with Crippen molar-refractivity contribution in [3.05, 3.63) is 34.1 Å². The molecule has 0 heterocycles. The Morgan fingerprint density at radius 3 is 2.58 bits per heavy atom. The summed E-state index contributed by atoms with van der Waals surface area (Å²) in [5.74, 6) is -2.79. The molecule has 0 aromatic heterocycles. The minimum Gasteiger partial charge on any atom is -0.480 e. The van der Waals surface area contributed by atoms with E-state index in [1.807, 2.05) is 0 Å². The van der Waals surface area contributed by atoms with Gasteiger partial charge in [-0.2, -0.15) is 9.11 Å². The van der Waals surface area contributed by atoms with Gasteiger partial charge in [-0.1, -0.05) is 6.07 Å². The Hall–Kier alpha value is -2.07. The lowest BCUT2D eigenvalue weighted by molar-refractivity contribution is -0.390. The molecular formula is C9H9FN2O6S. The lowest BCUT2D eigenvalue weighted by Crippen LogP contribution is -2.38. The van der Waals surface area contributed by atoms with Gasteiger partial charge in [-0.05, 0) is 19.1 Å². The number of carboxylic acid groups (broad SMARTS) is 1. The Kier molecular flexibility index (Phi) is 4.17. The van der Waals surface area contributed by atoms with Crippen molar-refractivity contribution in [2.45, 2.75) is 17.9 Å². The number of carboxylic acids is 1. The van der Waals surface area contributed by atoms with Crippen LogP contribution in [-0.4, -0.2) is 30.5 Å². The molecule has 8 nitrogen and oxygen atoms in total. The zero-order valence-corrected chi connectivity index (χ0v) is 10.3. The lowest BCUT2D eigenvalue weighted by Gasteiger charge is -2.10. The highest BCUT2D eigenvalue weighted by molar-refractivity contribution is 7.89. The molecule has 1 aromatic carbocycles. The highest BCUT2D eigenvalue weighted by Gasteiger charge is 2.31. The van der Waals surface area contributed by atoms with Crippen LogP contribution < -0.4 is 4.72 Å². The highest BCUT2D eigenvalue weighted by Crippen LogP contribution is 2.26. The summed E-state index contributed by atoms with van der Waals surface area (Å²) in [4.78, 5) is 19.1. The van der Waals surface area contributed by atoms with E-state index in [0.717, 1.165) is 25.1 Å². The van der Waals surface area contributed by atoms with Crippen molar-refractivity contribution in [1.29, 1.82) is 0 Å². The fourth-order valence-corrected chi connectivity index (χ4v) is 2.61. The van der Waals surface area contributed by atoms with E-state index in [1.54, 1.807) is 4.72 Å². The summed E-state index contributed by atoms with van der Waals surface area (Å²) in [7, 11) is -4.52. The average molecular weight is 292 g/mol. The molecule has 19 heavy (non-hydrogen) atoms. The smallest absolute Gasteiger partial charge is 0.324 e. The van der Waals surface area contributed by atoms with Gasteiger partial charge >= 0.3 is 11.7 Å². The molecule has 10 heteroatoms. The number of sulfonamides is 1. The van der Waals surface area contributed by atoms with Crippen molar-refractivity contribution >= 4 is 21.7 Å². The predicted molar refractivity (Wildman–Crippen MR) is 60.5 cm³/mol. The van der Waals surface area contributed by atoms with Crippen LogP contribution in [0.2, 0.25) is 0 Å². The molecule has 0 fully saturated rings. The van der Waals surface area contributed by atoms with Crippen molar-refractivity contribution in [3.8, 4) is 0 Å². The van der Waals surface area contributed by atoms with Crippen LogP contribution in [0.4, 0.5) is 10.1 Å². The predicted octanol–water partition coefficient (Wildman–Crippen LogP) is 0.485. The number of aliphatic carboxylic acids is 1. The molecule has 0 spiro atoms. The van der Waals surface area contributed by atoms with E-state index in [9.17, 15) is 27.7 Å². The Labute approximate surface area is 107 Å². The van der Waals surface area contributed by atoms with Gasteiger partial charge in [-0.25, -0.2) is 8.42 Å². The summed E-state index contributed by atoms with van der Waals surface area (Å²) < 4.78 is 38.5. The molecule has 0 saturated carbocycles. The third-order valence-corrected chi connectivity index (χ3v) is 3.70. The standard InChI is InChI=1S/C9H9FN2O6S/c1-5(9(13)14)11-19(17,18)7-4-2-3-6(10)8(7)12(15)16/h2-5,11H,1H3,(H,13,14)/t5-/m0/s1. The topological polar surface area (TPSA) is 127 Å². The molecule has 0 radical (unpaired) electrons. The lowest BCUT2D eigenvalue weighted by atomic mass is 10.3. The quantitative estimate of drug-likeness (QED) is 0.600. The van der Waals surface area contributed by atoms with Gasteiger partial charge < -0.3 is 5.11 Å². The molecule has 0 aliphatic carbocycles. The summed E-state index contributed by atoms with van der Waals surface area (Å²) in [6.45, 7) is 1.03. The Morgan fingerprint density at radius 1 is 1.53 bits per heavy atom.